The highest BCUT2D eigenvalue weighted by Crippen LogP contribution is 2.28. The van der Waals surface area contributed by atoms with E-state index < -0.39 is 6.61 Å². The smallest absolute Gasteiger partial charge is 0.387 e. The zero-order chi connectivity index (χ0) is 9.84. The van der Waals surface area contributed by atoms with Crippen molar-refractivity contribution in [3.8, 4) is 5.75 Å². The van der Waals surface area contributed by atoms with Crippen LogP contribution in [0.5, 0.6) is 5.75 Å². The van der Waals surface area contributed by atoms with E-state index in [1.165, 1.54) is 18.2 Å². The average molecular weight is 207 g/mol. The van der Waals surface area contributed by atoms with Crippen LogP contribution in [-0.4, -0.2) is 12.9 Å². The van der Waals surface area contributed by atoms with Crippen LogP contribution >= 0.6 is 11.6 Å². The molecule has 70 valence electrons. The van der Waals surface area contributed by atoms with Crippen LogP contribution in [0.3, 0.4) is 0 Å². The van der Waals surface area contributed by atoms with Crippen LogP contribution < -0.4 is 4.74 Å². The van der Waals surface area contributed by atoms with Crippen molar-refractivity contribution in [2.24, 2.45) is 0 Å². The number of rotatable bonds is 3. The Bertz CT molecular complexity index is 315. The summed E-state index contributed by atoms with van der Waals surface area (Å²) in [5.41, 5.74) is 0.00722. The van der Waals surface area contributed by atoms with Gasteiger partial charge in [0.15, 0.2) is 12.0 Å². The third-order valence-electron chi connectivity index (χ3n) is 1.33. The van der Waals surface area contributed by atoms with Gasteiger partial charge >= 0.3 is 6.61 Å². The molecular formula is C8H5ClF2O2. The maximum Gasteiger partial charge on any atom is 0.387 e. The van der Waals surface area contributed by atoms with Crippen molar-refractivity contribution in [3.63, 3.8) is 0 Å². The molecule has 0 unspecified atom stereocenters. The van der Waals surface area contributed by atoms with Crippen molar-refractivity contribution < 1.29 is 18.3 Å². The summed E-state index contributed by atoms with van der Waals surface area (Å²) in [6, 6.07) is 4.19. The fourth-order valence-corrected chi connectivity index (χ4v) is 1.06. The molecule has 0 heterocycles. The number of ether oxygens (including phenoxy) is 1. The molecule has 2 nitrogen and oxygen atoms in total. The number of alkyl halides is 2. The van der Waals surface area contributed by atoms with Crippen LogP contribution in [0.1, 0.15) is 10.4 Å². The van der Waals surface area contributed by atoms with Crippen LogP contribution in [0, 0.1) is 0 Å². The van der Waals surface area contributed by atoms with Gasteiger partial charge in [-0.25, -0.2) is 0 Å². The topological polar surface area (TPSA) is 26.3 Å². The first kappa shape index (κ1) is 9.92. The molecule has 0 bridgehead atoms. The van der Waals surface area contributed by atoms with Crippen molar-refractivity contribution >= 4 is 17.9 Å². The Kier molecular flexibility index (Phi) is 3.19. The maximum atomic E-state index is 11.8. The van der Waals surface area contributed by atoms with E-state index in [4.69, 9.17) is 11.6 Å². The van der Waals surface area contributed by atoms with E-state index in [1.54, 1.807) is 0 Å². The van der Waals surface area contributed by atoms with Crippen molar-refractivity contribution in [2.75, 3.05) is 0 Å². The molecule has 0 fully saturated rings. The summed E-state index contributed by atoms with van der Waals surface area (Å²) in [4.78, 5) is 10.4. The highest BCUT2D eigenvalue weighted by molar-refractivity contribution is 6.32. The zero-order valence-electron chi connectivity index (χ0n) is 6.34. The summed E-state index contributed by atoms with van der Waals surface area (Å²) in [6.07, 6.45) is 0.406. The fraction of sp³-hybridized carbons (Fsp3) is 0.125. The Morgan fingerprint density at radius 2 is 2.15 bits per heavy atom. The van der Waals surface area contributed by atoms with Crippen LogP contribution in [0.25, 0.3) is 0 Å². The van der Waals surface area contributed by atoms with Crippen LogP contribution in [0.4, 0.5) is 8.78 Å². The van der Waals surface area contributed by atoms with Crippen molar-refractivity contribution in [3.05, 3.63) is 28.8 Å². The van der Waals surface area contributed by atoms with Gasteiger partial charge in [0, 0.05) is 0 Å². The van der Waals surface area contributed by atoms with E-state index in [2.05, 4.69) is 4.74 Å². The van der Waals surface area contributed by atoms with E-state index in [0.717, 1.165) is 0 Å². The minimum Gasteiger partial charge on any atom is -0.432 e. The molecule has 1 rings (SSSR count). The van der Waals surface area contributed by atoms with Gasteiger partial charge in [0.05, 0.1) is 10.6 Å². The van der Waals surface area contributed by atoms with Gasteiger partial charge in [0.25, 0.3) is 0 Å². The molecule has 0 aliphatic heterocycles. The number of hydrogen-bond donors (Lipinski definition) is 0. The van der Waals surface area contributed by atoms with Gasteiger partial charge < -0.3 is 4.74 Å². The molecule has 0 amide bonds. The Balaban J connectivity index is 3.07. The number of benzene rings is 1. The minimum absolute atomic E-state index is 0.00722. The van der Waals surface area contributed by atoms with Crippen LogP contribution in [-0.2, 0) is 0 Å². The van der Waals surface area contributed by atoms with Gasteiger partial charge in [-0.05, 0) is 12.1 Å². The molecule has 5 heteroatoms. The van der Waals surface area contributed by atoms with E-state index in [-0.39, 0.29) is 16.3 Å². The summed E-state index contributed by atoms with van der Waals surface area (Å²) in [5, 5.41) is -0.00935. The predicted molar refractivity (Wildman–Crippen MR) is 43.5 cm³/mol. The van der Waals surface area contributed by atoms with Crippen LogP contribution in [0.2, 0.25) is 5.02 Å². The number of para-hydroxylation sites is 1. The van der Waals surface area contributed by atoms with E-state index >= 15 is 0 Å². The molecule has 0 N–H and O–H groups in total. The van der Waals surface area contributed by atoms with Crippen molar-refractivity contribution in [1.82, 2.24) is 0 Å². The summed E-state index contributed by atoms with van der Waals surface area (Å²) in [7, 11) is 0. The average Bonchev–Trinajstić information content (AvgIpc) is 2.08. The van der Waals surface area contributed by atoms with Gasteiger partial charge in [0.2, 0.25) is 0 Å². The summed E-state index contributed by atoms with van der Waals surface area (Å²) >= 11 is 5.54. The zero-order valence-corrected chi connectivity index (χ0v) is 7.09. The highest BCUT2D eigenvalue weighted by Gasteiger charge is 2.12. The maximum absolute atomic E-state index is 11.8. The quantitative estimate of drug-likeness (QED) is 0.711. The molecule has 0 atom stereocenters. The van der Waals surface area contributed by atoms with Crippen molar-refractivity contribution in [1.29, 1.82) is 0 Å². The second-order valence-corrected chi connectivity index (χ2v) is 2.56. The minimum atomic E-state index is -2.99. The lowest BCUT2D eigenvalue weighted by molar-refractivity contribution is -0.0500. The molecule has 0 aliphatic rings. The predicted octanol–water partition coefficient (Wildman–Crippen LogP) is 2.75. The lowest BCUT2D eigenvalue weighted by Gasteiger charge is -2.07. The molecule has 0 radical (unpaired) electrons. The molecule has 0 saturated heterocycles. The van der Waals surface area contributed by atoms with E-state index in [0.29, 0.717) is 6.29 Å². The molecule has 0 aromatic heterocycles. The normalized spacial score (nSPS) is 10.2. The number of carbonyl (C=O) groups excluding carboxylic acids is 1. The van der Waals surface area contributed by atoms with Gasteiger partial charge in [-0.3, -0.25) is 4.79 Å². The second-order valence-electron chi connectivity index (χ2n) is 2.15. The third-order valence-corrected chi connectivity index (χ3v) is 1.63. The van der Waals surface area contributed by atoms with E-state index in [9.17, 15) is 13.6 Å². The van der Waals surface area contributed by atoms with Gasteiger partial charge in [-0.15, -0.1) is 0 Å². The SMILES string of the molecule is O=Cc1cccc(Cl)c1OC(F)F. The third kappa shape index (κ3) is 2.39. The van der Waals surface area contributed by atoms with Crippen LogP contribution in [0.15, 0.2) is 18.2 Å². The molecule has 0 saturated carbocycles. The first-order valence-corrected chi connectivity index (χ1v) is 3.71. The Labute approximate surface area is 78.1 Å². The molecule has 13 heavy (non-hydrogen) atoms. The Morgan fingerprint density at radius 3 is 2.69 bits per heavy atom. The first-order chi connectivity index (χ1) is 6.15. The van der Waals surface area contributed by atoms with E-state index in [1.807, 2.05) is 0 Å². The number of carbonyl (C=O) groups is 1. The van der Waals surface area contributed by atoms with Gasteiger partial charge in [-0.2, -0.15) is 8.78 Å². The van der Waals surface area contributed by atoms with Gasteiger partial charge in [-0.1, -0.05) is 17.7 Å². The number of hydrogen-bond acceptors (Lipinski definition) is 2. The second kappa shape index (κ2) is 4.18. The lowest BCUT2D eigenvalue weighted by Crippen LogP contribution is -2.04. The molecule has 1 aromatic carbocycles. The molecule has 0 aliphatic carbocycles. The number of aldehydes is 1. The molecule has 1 aromatic rings. The summed E-state index contributed by atoms with van der Waals surface area (Å²) in [5.74, 6) is -0.283. The molecular weight excluding hydrogens is 202 g/mol. The standard InChI is InChI=1S/C8H5ClF2O2/c9-6-3-1-2-5(4-12)7(6)13-8(10)11/h1-4,8H. The van der Waals surface area contributed by atoms with Gasteiger partial charge in [0.1, 0.15) is 0 Å². The lowest BCUT2D eigenvalue weighted by atomic mass is 10.2. The summed E-state index contributed by atoms with van der Waals surface area (Å²) in [6.45, 7) is -2.99. The fourth-order valence-electron chi connectivity index (χ4n) is 0.832. The monoisotopic (exact) mass is 206 g/mol. The van der Waals surface area contributed by atoms with Crippen molar-refractivity contribution in [2.45, 2.75) is 6.61 Å². The highest BCUT2D eigenvalue weighted by atomic mass is 35.5. The molecule has 0 spiro atoms. The summed E-state index contributed by atoms with van der Waals surface area (Å²) < 4.78 is 27.7. The Morgan fingerprint density at radius 1 is 1.46 bits per heavy atom. The largest absolute Gasteiger partial charge is 0.432 e. The first-order valence-electron chi connectivity index (χ1n) is 3.33. The number of halogens is 3. The Hall–Kier alpha value is -1.16.